The van der Waals surface area contributed by atoms with Gasteiger partial charge in [0, 0.05) is 11.6 Å². The van der Waals surface area contributed by atoms with Crippen LogP contribution in [0, 0.1) is 0 Å². The number of anilines is 1. The summed E-state index contributed by atoms with van der Waals surface area (Å²) in [6.45, 7) is 0. The fourth-order valence-electron chi connectivity index (χ4n) is 1.02. The van der Waals surface area contributed by atoms with Crippen molar-refractivity contribution >= 4 is 34.1 Å². The van der Waals surface area contributed by atoms with Gasteiger partial charge in [0.05, 0.1) is 6.42 Å². The van der Waals surface area contributed by atoms with Gasteiger partial charge < -0.3 is 5.11 Å². The van der Waals surface area contributed by atoms with Gasteiger partial charge in [0.25, 0.3) is 5.91 Å². The van der Waals surface area contributed by atoms with Crippen molar-refractivity contribution in [2.75, 3.05) is 5.01 Å². The highest BCUT2D eigenvalue weighted by molar-refractivity contribution is 7.13. The van der Waals surface area contributed by atoms with Gasteiger partial charge in [-0.05, 0) is 0 Å². The Balaban J connectivity index is 2.30. The van der Waals surface area contributed by atoms with Crippen molar-refractivity contribution in [1.29, 1.82) is 0 Å². The van der Waals surface area contributed by atoms with Crippen molar-refractivity contribution in [2.24, 2.45) is 5.10 Å². The molecule has 7 heteroatoms. The Bertz CT molecular complexity index is 412. The molecule has 14 heavy (non-hydrogen) atoms. The molecular weight excluding hydrogens is 206 g/mol. The normalized spacial score (nSPS) is 15.9. The lowest BCUT2D eigenvalue weighted by atomic mass is 10.3. The minimum absolute atomic E-state index is 0.148. The third-order valence-electron chi connectivity index (χ3n) is 1.62. The number of hydrogen-bond acceptors (Lipinski definition) is 5. The second-order valence-electron chi connectivity index (χ2n) is 2.55. The molecule has 0 saturated heterocycles. The van der Waals surface area contributed by atoms with Crippen LogP contribution in [0.1, 0.15) is 6.42 Å². The lowest BCUT2D eigenvalue weighted by molar-refractivity contribution is -0.129. The molecule has 0 aliphatic carbocycles. The van der Waals surface area contributed by atoms with Gasteiger partial charge in [-0.25, -0.2) is 9.78 Å². The molecule has 0 spiro atoms. The van der Waals surface area contributed by atoms with E-state index in [0.717, 1.165) is 5.01 Å². The van der Waals surface area contributed by atoms with Crippen LogP contribution in [0.2, 0.25) is 0 Å². The van der Waals surface area contributed by atoms with Gasteiger partial charge in [0.1, 0.15) is 0 Å². The highest BCUT2D eigenvalue weighted by atomic mass is 32.1. The van der Waals surface area contributed by atoms with E-state index in [0.29, 0.717) is 5.13 Å². The zero-order valence-electron chi connectivity index (χ0n) is 6.88. The Morgan fingerprint density at radius 3 is 2.93 bits per heavy atom. The van der Waals surface area contributed by atoms with Gasteiger partial charge >= 0.3 is 5.97 Å². The molecule has 0 bridgehead atoms. The summed E-state index contributed by atoms with van der Waals surface area (Å²) in [5.74, 6) is -1.53. The van der Waals surface area contributed by atoms with E-state index in [-0.39, 0.29) is 18.0 Å². The van der Waals surface area contributed by atoms with Crippen LogP contribution in [0.3, 0.4) is 0 Å². The van der Waals surface area contributed by atoms with E-state index in [1.807, 2.05) is 0 Å². The number of amides is 1. The second-order valence-corrected chi connectivity index (χ2v) is 3.42. The first-order valence-electron chi connectivity index (χ1n) is 3.71. The number of aromatic nitrogens is 1. The number of carboxylic acid groups (broad SMARTS) is 1. The average molecular weight is 211 g/mol. The standard InChI is InChI=1S/C7H5N3O3S/c11-5-3-4(6(12)13)9-10(5)7-8-1-2-14-7/h1-2H,3H2,(H,12,13). The van der Waals surface area contributed by atoms with E-state index in [4.69, 9.17) is 5.11 Å². The number of carboxylic acids is 1. The predicted octanol–water partition coefficient (Wildman–Crippen LogP) is 0.320. The number of hydrazone groups is 1. The average Bonchev–Trinajstić information content (AvgIpc) is 2.71. The molecule has 0 unspecified atom stereocenters. The minimum atomic E-state index is -1.17. The summed E-state index contributed by atoms with van der Waals surface area (Å²) in [6, 6.07) is 0. The Labute approximate surface area is 82.5 Å². The molecule has 1 aromatic rings. The molecule has 6 nitrogen and oxygen atoms in total. The Morgan fingerprint density at radius 1 is 1.64 bits per heavy atom. The van der Waals surface area contributed by atoms with Gasteiger partial charge in [0.2, 0.25) is 5.13 Å². The summed E-state index contributed by atoms with van der Waals surface area (Å²) in [7, 11) is 0. The van der Waals surface area contributed by atoms with E-state index in [1.165, 1.54) is 17.5 Å². The van der Waals surface area contributed by atoms with Crippen LogP contribution < -0.4 is 5.01 Å². The molecule has 0 aromatic carbocycles. The Morgan fingerprint density at radius 2 is 2.43 bits per heavy atom. The third-order valence-corrected chi connectivity index (χ3v) is 2.37. The maximum Gasteiger partial charge on any atom is 0.352 e. The smallest absolute Gasteiger partial charge is 0.352 e. The fourth-order valence-corrected chi connectivity index (χ4v) is 1.63. The first kappa shape index (κ1) is 8.82. The first-order valence-corrected chi connectivity index (χ1v) is 4.59. The van der Waals surface area contributed by atoms with Gasteiger partial charge in [-0.15, -0.1) is 11.3 Å². The van der Waals surface area contributed by atoms with E-state index in [9.17, 15) is 9.59 Å². The molecule has 1 aliphatic rings. The van der Waals surface area contributed by atoms with E-state index in [2.05, 4.69) is 10.1 Å². The summed E-state index contributed by atoms with van der Waals surface area (Å²) >= 11 is 1.23. The molecule has 0 radical (unpaired) electrons. The van der Waals surface area contributed by atoms with Gasteiger partial charge in [0.15, 0.2) is 5.71 Å². The lowest BCUT2D eigenvalue weighted by Crippen LogP contribution is -2.19. The van der Waals surface area contributed by atoms with Crippen molar-refractivity contribution < 1.29 is 14.7 Å². The highest BCUT2D eigenvalue weighted by Crippen LogP contribution is 2.22. The van der Waals surface area contributed by atoms with Gasteiger partial charge in [-0.2, -0.15) is 10.1 Å². The maximum atomic E-state index is 11.3. The number of thiazole rings is 1. The maximum absolute atomic E-state index is 11.3. The van der Waals surface area contributed by atoms with Gasteiger partial charge in [-0.3, -0.25) is 4.79 Å². The van der Waals surface area contributed by atoms with Crippen molar-refractivity contribution in [1.82, 2.24) is 4.98 Å². The van der Waals surface area contributed by atoms with Crippen molar-refractivity contribution in [2.45, 2.75) is 6.42 Å². The second kappa shape index (κ2) is 3.18. The van der Waals surface area contributed by atoms with Crippen molar-refractivity contribution in [3.05, 3.63) is 11.6 Å². The van der Waals surface area contributed by atoms with Gasteiger partial charge in [-0.1, -0.05) is 0 Å². The molecule has 1 amide bonds. The summed E-state index contributed by atoms with van der Waals surface area (Å²) in [5, 5.41) is 15.4. The zero-order chi connectivity index (χ0) is 10.1. The van der Waals surface area contributed by atoms with Crippen molar-refractivity contribution in [3.63, 3.8) is 0 Å². The highest BCUT2D eigenvalue weighted by Gasteiger charge is 2.30. The Hall–Kier alpha value is -1.76. The van der Waals surface area contributed by atoms with Crippen LogP contribution in [0.4, 0.5) is 5.13 Å². The monoisotopic (exact) mass is 211 g/mol. The van der Waals surface area contributed by atoms with Crippen LogP contribution in [0.5, 0.6) is 0 Å². The number of aliphatic carboxylic acids is 1. The zero-order valence-corrected chi connectivity index (χ0v) is 7.69. The Kier molecular flexibility index (Phi) is 2.01. The molecule has 0 fully saturated rings. The number of carbonyl (C=O) groups excluding carboxylic acids is 1. The van der Waals surface area contributed by atoms with E-state index < -0.39 is 5.97 Å². The number of hydrogen-bond donors (Lipinski definition) is 1. The molecule has 1 aromatic heterocycles. The van der Waals surface area contributed by atoms with Crippen LogP contribution in [0.25, 0.3) is 0 Å². The SMILES string of the molecule is O=C(O)C1=NN(c2nccs2)C(=O)C1. The summed E-state index contributed by atoms with van der Waals surface area (Å²) < 4.78 is 0. The third kappa shape index (κ3) is 1.37. The molecule has 2 rings (SSSR count). The number of rotatable bonds is 2. The molecule has 0 saturated carbocycles. The molecule has 0 atom stereocenters. The molecule has 1 aliphatic heterocycles. The van der Waals surface area contributed by atoms with Crippen LogP contribution in [-0.2, 0) is 9.59 Å². The first-order chi connectivity index (χ1) is 6.68. The molecule has 2 heterocycles. The van der Waals surface area contributed by atoms with E-state index >= 15 is 0 Å². The van der Waals surface area contributed by atoms with E-state index in [1.54, 1.807) is 5.38 Å². The number of nitrogens with zero attached hydrogens (tertiary/aromatic N) is 3. The lowest BCUT2D eigenvalue weighted by Gasteiger charge is -2.04. The summed E-state index contributed by atoms with van der Waals surface area (Å²) in [5.41, 5.74) is -0.148. The fraction of sp³-hybridized carbons (Fsp3) is 0.143. The topological polar surface area (TPSA) is 82.9 Å². The van der Waals surface area contributed by atoms with Crippen LogP contribution in [0.15, 0.2) is 16.7 Å². The quantitative estimate of drug-likeness (QED) is 0.763. The summed E-state index contributed by atoms with van der Waals surface area (Å²) in [6.07, 6.45) is 1.36. The summed E-state index contributed by atoms with van der Waals surface area (Å²) in [4.78, 5) is 25.7. The molecular formula is C7H5N3O3S. The van der Waals surface area contributed by atoms with Crippen LogP contribution >= 0.6 is 11.3 Å². The molecule has 72 valence electrons. The van der Waals surface area contributed by atoms with Crippen LogP contribution in [-0.4, -0.2) is 27.7 Å². The van der Waals surface area contributed by atoms with Crippen molar-refractivity contribution in [3.8, 4) is 0 Å². The molecule has 1 N–H and O–H groups in total. The minimum Gasteiger partial charge on any atom is -0.477 e. The predicted molar refractivity (Wildman–Crippen MR) is 49.3 cm³/mol. The number of carbonyl (C=O) groups is 2. The largest absolute Gasteiger partial charge is 0.477 e.